The Labute approximate surface area is 232 Å². The van der Waals surface area contributed by atoms with Crippen LogP contribution in [0.5, 0.6) is 0 Å². The van der Waals surface area contributed by atoms with Crippen LogP contribution in [0, 0.1) is 24.2 Å². The first-order valence-electron chi connectivity index (χ1n) is 13.1. The van der Waals surface area contributed by atoms with Crippen LogP contribution in [0.4, 0.5) is 13.2 Å². The molecule has 0 spiro atoms. The number of alkyl halides is 3. The van der Waals surface area contributed by atoms with Crippen LogP contribution in [0.15, 0.2) is 24.4 Å². The summed E-state index contributed by atoms with van der Waals surface area (Å²) in [6.45, 7) is 7.25. The Morgan fingerprint density at radius 1 is 1.12 bits per heavy atom. The van der Waals surface area contributed by atoms with E-state index in [2.05, 4.69) is 15.3 Å². The number of hydrogen-bond donors (Lipinski definition) is 1. The molecule has 40 heavy (non-hydrogen) atoms. The number of likely N-dealkylation sites (tertiary alicyclic amines) is 1. The number of piperazine rings is 1. The summed E-state index contributed by atoms with van der Waals surface area (Å²) in [4.78, 5) is 51.0. The van der Waals surface area contributed by atoms with Gasteiger partial charge in [0.2, 0.25) is 17.7 Å². The van der Waals surface area contributed by atoms with Gasteiger partial charge in [0.15, 0.2) is 0 Å². The first-order valence-corrected chi connectivity index (χ1v) is 13.9. The van der Waals surface area contributed by atoms with Crippen molar-refractivity contribution < 1.29 is 27.6 Å². The van der Waals surface area contributed by atoms with Gasteiger partial charge >= 0.3 is 6.18 Å². The van der Waals surface area contributed by atoms with Gasteiger partial charge in [0.05, 0.1) is 53.0 Å². The number of nitrogens with one attached hydrogen (secondary N) is 1. The van der Waals surface area contributed by atoms with Crippen LogP contribution in [-0.2, 0) is 33.9 Å². The van der Waals surface area contributed by atoms with E-state index in [1.165, 1.54) is 22.3 Å². The van der Waals surface area contributed by atoms with Gasteiger partial charge in [-0.05, 0) is 36.1 Å². The van der Waals surface area contributed by atoms with Crippen molar-refractivity contribution in [3.63, 3.8) is 0 Å². The topological polar surface area (TPSA) is 95.5 Å². The molecule has 0 bridgehead atoms. The molecule has 3 aromatic heterocycles. The van der Waals surface area contributed by atoms with Crippen LogP contribution < -0.4 is 5.32 Å². The molecule has 3 amide bonds. The molecule has 8 nitrogen and oxygen atoms in total. The van der Waals surface area contributed by atoms with Crippen molar-refractivity contribution in [1.82, 2.24) is 25.1 Å². The third-order valence-corrected chi connectivity index (χ3v) is 9.38. The minimum Gasteiger partial charge on any atom is -0.336 e. The number of aryl methyl sites for hydroxylation is 1. The van der Waals surface area contributed by atoms with Gasteiger partial charge in [0, 0.05) is 41.8 Å². The monoisotopic (exact) mass is 571 g/mol. The summed E-state index contributed by atoms with van der Waals surface area (Å²) in [5.41, 5.74) is 2.48. The highest BCUT2D eigenvalue weighted by atomic mass is 32.1. The fraction of sp³-hybridized carbons (Fsp3) is 0.464. The molecule has 0 aromatic carbocycles. The standard InChI is InChI=1S/C28H28F3N5O3S/c1-14-8-15(10-28(29,30)31)34-23(18(14)13-35-7-6-32-11-20(35)37)17-4-5-33-19-9-16(40-24(17)19)12-36-25(38)21-22(26(36)39)27(21,2)3/h4-5,8-9,21-22,32H,6-7,10-13H2,1-3H3. The van der Waals surface area contributed by atoms with Gasteiger partial charge in [0.25, 0.3) is 0 Å². The predicted octanol–water partition coefficient (Wildman–Crippen LogP) is 3.84. The number of halogens is 3. The fourth-order valence-corrected chi connectivity index (χ4v) is 7.17. The fourth-order valence-electron chi connectivity index (χ4n) is 6.06. The summed E-state index contributed by atoms with van der Waals surface area (Å²) >= 11 is 1.34. The number of hydrogen-bond acceptors (Lipinski definition) is 7. The summed E-state index contributed by atoms with van der Waals surface area (Å²) in [5, 5.41) is 3.03. The summed E-state index contributed by atoms with van der Waals surface area (Å²) in [5.74, 6) is -0.962. The second-order valence-electron chi connectivity index (χ2n) is 11.4. The lowest BCUT2D eigenvalue weighted by Gasteiger charge is -2.29. The van der Waals surface area contributed by atoms with Crippen molar-refractivity contribution in [2.45, 2.75) is 46.5 Å². The molecular formula is C28H28F3N5O3S. The second-order valence-corrected chi connectivity index (χ2v) is 12.5. The molecule has 3 fully saturated rings. The number of nitrogens with zero attached hydrogens (tertiary/aromatic N) is 4. The lowest BCUT2D eigenvalue weighted by molar-refractivity contribution is -0.143. The van der Waals surface area contributed by atoms with E-state index in [0.717, 1.165) is 4.88 Å². The van der Waals surface area contributed by atoms with Crippen molar-refractivity contribution in [2.24, 2.45) is 17.3 Å². The highest BCUT2D eigenvalue weighted by molar-refractivity contribution is 7.19. The number of carbonyl (C=O) groups excluding carboxylic acids is 3. The Hall–Kier alpha value is -3.38. The van der Waals surface area contributed by atoms with Crippen LogP contribution in [0.2, 0.25) is 0 Å². The van der Waals surface area contributed by atoms with Crippen LogP contribution in [0.25, 0.3) is 21.5 Å². The van der Waals surface area contributed by atoms with E-state index in [1.807, 2.05) is 19.9 Å². The summed E-state index contributed by atoms with van der Waals surface area (Å²) in [6, 6.07) is 4.97. The van der Waals surface area contributed by atoms with E-state index < -0.39 is 12.6 Å². The molecule has 2 atom stereocenters. The molecule has 1 N–H and O–H groups in total. The minimum atomic E-state index is -4.43. The van der Waals surface area contributed by atoms with Crippen LogP contribution >= 0.6 is 11.3 Å². The third kappa shape index (κ3) is 4.56. The first kappa shape index (κ1) is 26.8. The van der Waals surface area contributed by atoms with Crippen LogP contribution in [0.1, 0.15) is 35.5 Å². The lowest BCUT2D eigenvalue weighted by atomic mass is 9.99. The molecular weight excluding hydrogens is 543 g/mol. The maximum Gasteiger partial charge on any atom is 0.394 e. The molecule has 5 heterocycles. The van der Waals surface area contributed by atoms with E-state index in [9.17, 15) is 27.6 Å². The molecule has 2 aliphatic heterocycles. The number of pyridine rings is 2. The molecule has 2 saturated heterocycles. The summed E-state index contributed by atoms with van der Waals surface area (Å²) in [7, 11) is 0. The van der Waals surface area contributed by atoms with E-state index in [0.29, 0.717) is 45.7 Å². The normalized spacial score (nSPS) is 22.4. The second kappa shape index (κ2) is 9.34. The van der Waals surface area contributed by atoms with Gasteiger partial charge in [-0.3, -0.25) is 29.3 Å². The van der Waals surface area contributed by atoms with E-state index in [1.54, 1.807) is 24.1 Å². The molecule has 12 heteroatoms. The van der Waals surface area contributed by atoms with Gasteiger partial charge in [0.1, 0.15) is 0 Å². The van der Waals surface area contributed by atoms with Gasteiger partial charge in [-0.25, -0.2) is 0 Å². The zero-order chi connectivity index (χ0) is 28.6. The average Bonchev–Trinajstić information content (AvgIpc) is 3.11. The number of amides is 3. The Bertz CT molecular complexity index is 1540. The maximum atomic E-state index is 13.4. The lowest BCUT2D eigenvalue weighted by Crippen LogP contribution is -2.47. The quantitative estimate of drug-likeness (QED) is 0.452. The molecule has 1 saturated carbocycles. The molecule has 3 aromatic rings. The Morgan fingerprint density at radius 3 is 2.52 bits per heavy atom. The van der Waals surface area contributed by atoms with Crippen LogP contribution in [-0.4, -0.2) is 63.3 Å². The average molecular weight is 572 g/mol. The predicted molar refractivity (Wildman–Crippen MR) is 142 cm³/mol. The number of fused-ring (bicyclic) bond motifs is 2. The molecule has 3 aliphatic rings. The van der Waals surface area contributed by atoms with Crippen molar-refractivity contribution in [3.8, 4) is 11.3 Å². The highest BCUT2D eigenvalue weighted by Gasteiger charge is 2.72. The molecule has 0 radical (unpaired) electrons. The summed E-state index contributed by atoms with van der Waals surface area (Å²) in [6.07, 6.45) is -4.03. The van der Waals surface area contributed by atoms with E-state index >= 15 is 0 Å². The largest absolute Gasteiger partial charge is 0.394 e. The number of imide groups is 1. The Kier molecular flexibility index (Phi) is 6.26. The Morgan fingerprint density at radius 2 is 1.85 bits per heavy atom. The van der Waals surface area contributed by atoms with Crippen molar-refractivity contribution in [3.05, 3.63) is 46.1 Å². The molecule has 210 valence electrons. The zero-order valence-electron chi connectivity index (χ0n) is 22.3. The van der Waals surface area contributed by atoms with Crippen molar-refractivity contribution in [2.75, 3.05) is 19.6 Å². The molecule has 2 unspecified atom stereocenters. The van der Waals surface area contributed by atoms with E-state index in [-0.39, 0.29) is 60.3 Å². The number of rotatable bonds is 6. The molecule has 1 aliphatic carbocycles. The van der Waals surface area contributed by atoms with E-state index in [4.69, 9.17) is 0 Å². The van der Waals surface area contributed by atoms with Gasteiger partial charge in [-0.1, -0.05) is 13.8 Å². The Balaban J connectivity index is 1.39. The van der Waals surface area contributed by atoms with Gasteiger partial charge in [-0.15, -0.1) is 11.3 Å². The number of carbonyl (C=O) groups is 3. The minimum absolute atomic E-state index is 0.0876. The van der Waals surface area contributed by atoms with Gasteiger partial charge < -0.3 is 10.2 Å². The van der Waals surface area contributed by atoms with Crippen molar-refractivity contribution in [1.29, 1.82) is 0 Å². The number of piperidine rings is 1. The first-order chi connectivity index (χ1) is 18.8. The number of aromatic nitrogens is 2. The third-order valence-electron chi connectivity index (χ3n) is 8.24. The summed E-state index contributed by atoms with van der Waals surface area (Å²) < 4.78 is 40.8. The van der Waals surface area contributed by atoms with Crippen LogP contribution in [0.3, 0.4) is 0 Å². The number of thiophene rings is 1. The maximum absolute atomic E-state index is 13.4. The smallest absolute Gasteiger partial charge is 0.336 e. The highest BCUT2D eigenvalue weighted by Crippen LogP contribution is 2.63. The SMILES string of the molecule is Cc1cc(CC(F)(F)F)nc(-c2ccnc3cc(CN4C(=O)C5C(C4=O)C5(C)C)sc23)c1CN1CCNCC1=O. The zero-order valence-corrected chi connectivity index (χ0v) is 23.1. The molecule has 6 rings (SSSR count). The van der Waals surface area contributed by atoms with Crippen molar-refractivity contribution >= 4 is 39.3 Å². The van der Waals surface area contributed by atoms with Gasteiger partial charge in [-0.2, -0.15) is 13.2 Å².